The molecule has 0 fully saturated rings. The van der Waals surface area contributed by atoms with Crippen LogP contribution in [0.4, 0.5) is 5.69 Å². The lowest BCUT2D eigenvalue weighted by Crippen LogP contribution is -1.97. The van der Waals surface area contributed by atoms with Crippen molar-refractivity contribution >= 4 is 17.0 Å². The van der Waals surface area contributed by atoms with Crippen LogP contribution in [0.25, 0.3) is 0 Å². The molecule has 2 N–H and O–H groups in total. The number of ether oxygens (including phenoxy) is 1. The molecule has 0 atom stereocenters. The third-order valence-electron chi connectivity index (χ3n) is 2.42. The Bertz CT molecular complexity index is 670. The summed E-state index contributed by atoms with van der Waals surface area (Å²) in [6.45, 7) is 0.595. The molecule has 5 nitrogen and oxygen atoms in total. The first-order valence-corrected chi connectivity index (χ1v) is 6.71. The third kappa shape index (κ3) is 3.57. The summed E-state index contributed by atoms with van der Waals surface area (Å²) in [6.07, 6.45) is 0. The molecule has 0 unspecified atom stereocenters. The highest BCUT2D eigenvalue weighted by Gasteiger charge is 2.13. The Morgan fingerprint density at radius 1 is 1.40 bits per heavy atom. The zero-order valence-corrected chi connectivity index (χ0v) is 11.4. The Morgan fingerprint density at radius 2 is 2.20 bits per heavy atom. The van der Waals surface area contributed by atoms with E-state index in [1.807, 2.05) is 11.4 Å². The standard InChI is InChI=1S/C14H12N2O3S/c15-7-3-4-11-8-12(20-10-11)9-19-14-6-2-1-5-13(14)16(17)18/h1-2,5-6,8,10H,7,9,15H2. The third-order valence-corrected chi connectivity index (χ3v) is 3.33. The summed E-state index contributed by atoms with van der Waals surface area (Å²) in [4.78, 5) is 11.3. The quantitative estimate of drug-likeness (QED) is 0.533. The normalized spacial score (nSPS) is 9.65. The molecule has 0 bridgehead atoms. The highest BCUT2D eigenvalue weighted by Crippen LogP contribution is 2.27. The van der Waals surface area contributed by atoms with Crippen LogP contribution in [0.5, 0.6) is 5.75 Å². The first kappa shape index (κ1) is 14.1. The lowest BCUT2D eigenvalue weighted by atomic mass is 10.3. The van der Waals surface area contributed by atoms with Crippen molar-refractivity contribution in [3.63, 3.8) is 0 Å². The van der Waals surface area contributed by atoms with Crippen LogP contribution in [0.1, 0.15) is 10.4 Å². The predicted octanol–water partition coefficient (Wildman–Crippen LogP) is 2.55. The van der Waals surface area contributed by atoms with Crippen LogP contribution in [0.3, 0.4) is 0 Å². The average Bonchev–Trinajstić information content (AvgIpc) is 2.91. The summed E-state index contributed by atoms with van der Waals surface area (Å²) in [6, 6.07) is 8.20. The smallest absolute Gasteiger partial charge is 0.310 e. The van der Waals surface area contributed by atoms with Gasteiger partial charge in [-0.25, -0.2) is 0 Å². The lowest BCUT2D eigenvalue weighted by Gasteiger charge is -2.04. The van der Waals surface area contributed by atoms with E-state index in [2.05, 4.69) is 11.8 Å². The molecule has 1 heterocycles. The van der Waals surface area contributed by atoms with Crippen molar-refractivity contribution in [2.24, 2.45) is 5.73 Å². The molecule has 0 radical (unpaired) electrons. The van der Waals surface area contributed by atoms with Crippen molar-refractivity contribution in [2.45, 2.75) is 6.61 Å². The van der Waals surface area contributed by atoms with Crippen molar-refractivity contribution in [3.8, 4) is 17.6 Å². The molecule has 1 aromatic carbocycles. The first-order chi connectivity index (χ1) is 9.70. The van der Waals surface area contributed by atoms with E-state index in [0.717, 1.165) is 10.4 Å². The SMILES string of the molecule is NCC#Cc1csc(COc2ccccc2[N+](=O)[O-])c1. The number of para-hydroxylation sites is 2. The van der Waals surface area contributed by atoms with Gasteiger partial charge in [0.25, 0.3) is 0 Å². The van der Waals surface area contributed by atoms with E-state index < -0.39 is 4.92 Å². The largest absolute Gasteiger partial charge is 0.481 e. The number of nitrogens with zero attached hydrogens (tertiary/aromatic N) is 1. The fourth-order valence-corrected chi connectivity index (χ4v) is 2.28. The molecule has 20 heavy (non-hydrogen) atoms. The Morgan fingerprint density at radius 3 is 2.95 bits per heavy atom. The van der Waals surface area contributed by atoms with Crippen LogP contribution in [0.2, 0.25) is 0 Å². The molecule has 0 aliphatic carbocycles. The van der Waals surface area contributed by atoms with Crippen LogP contribution in [-0.4, -0.2) is 11.5 Å². The summed E-state index contributed by atoms with van der Waals surface area (Å²) in [5.41, 5.74) is 6.15. The number of nitro groups is 1. The maximum atomic E-state index is 10.9. The summed E-state index contributed by atoms with van der Waals surface area (Å²) >= 11 is 1.50. The fourth-order valence-electron chi connectivity index (χ4n) is 1.55. The van der Waals surface area contributed by atoms with E-state index in [1.54, 1.807) is 18.2 Å². The topological polar surface area (TPSA) is 78.4 Å². The van der Waals surface area contributed by atoms with Crippen molar-refractivity contribution in [1.82, 2.24) is 0 Å². The highest BCUT2D eigenvalue weighted by molar-refractivity contribution is 7.10. The molecule has 0 spiro atoms. The van der Waals surface area contributed by atoms with Crippen LogP contribution in [-0.2, 0) is 6.61 Å². The van der Waals surface area contributed by atoms with Crippen molar-refractivity contribution in [1.29, 1.82) is 0 Å². The molecule has 0 saturated carbocycles. The number of hydrogen-bond acceptors (Lipinski definition) is 5. The minimum Gasteiger partial charge on any atom is -0.481 e. The zero-order chi connectivity index (χ0) is 14.4. The van der Waals surface area contributed by atoms with Crippen LogP contribution >= 0.6 is 11.3 Å². The first-order valence-electron chi connectivity index (χ1n) is 5.83. The van der Waals surface area contributed by atoms with E-state index >= 15 is 0 Å². The summed E-state index contributed by atoms with van der Waals surface area (Å²) in [5, 5.41) is 12.8. The number of rotatable bonds is 4. The summed E-state index contributed by atoms with van der Waals surface area (Å²) < 4.78 is 5.50. The van der Waals surface area contributed by atoms with Gasteiger partial charge in [-0.3, -0.25) is 10.1 Å². The van der Waals surface area contributed by atoms with Crippen LogP contribution in [0, 0.1) is 22.0 Å². The molecule has 6 heteroatoms. The minimum atomic E-state index is -0.456. The van der Waals surface area contributed by atoms with E-state index in [1.165, 1.54) is 17.4 Å². The molecule has 0 aliphatic heterocycles. The maximum absolute atomic E-state index is 10.9. The van der Waals surface area contributed by atoms with Gasteiger partial charge in [0, 0.05) is 21.9 Å². The molecular formula is C14H12N2O3S. The number of nitrogens with two attached hydrogens (primary N) is 1. The molecule has 2 rings (SSSR count). The second-order valence-corrected chi connectivity index (χ2v) is 4.82. The van der Waals surface area contributed by atoms with Gasteiger partial charge >= 0.3 is 5.69 Å². The highest BCUT2D eigenvalue weighted by atomic mass is 32.1. The lowest BCUT2D eigenvalue weighted by molar-refractivity contribution is -0.385. The van der Waals surface area contributed by atoms with Gasteiger partial charge in [-0.05, 0) is 12.1 Å². The molecular weight excluding hydrogens is 276 g/mol. The van der Waals surface area contributed by atoms with Gasteiger partial charge in [-0.15, -0.1) is 11.3 Å². The van der Waals surface area contributed by atoms with Gasteiger partial charge in [-0.2, -0.15) is 0 Å². The Balaban J connectivity index is 2.05. The number of nitro benzene ring substituents is 1. The molecule has 102 valence electrons. The molecule has 0 amide bonds. The van der Waals surface area contributed by atoms with Gasteiger partial charge < -0.3 is 10.5 Å². The maximum Gasteiger partial charge on any atom is 0.310 e. The van der Waals surface area contributed by atoms with Crippen LogP contribution in [0.15, 0.2) is 35.7 Å². The van der Waals surface area contributed by atoms with E-state index in [0.29, 0.717) is 6.54 Å². The van der Waals surface area contributed by atoms with E-state index in [-0.39, 0.29) is 18.0 Å². The van der Waals surface area contributed by atoms with Crippen molar-refractivity contribution < 1.29 is 9.66 Å². The van der Waals surface area contributed by atoms with Gasteiger partial charge in [0.15, 0.2) is 5.75 Å². The number of hydrogen-bond donors (Lipinski definition) is 1. The predicted molar refractivity (Wildman–Crippen MR) is 77.7 cm³/mol. The molecule has 1 aromatic heterocycles. The molecule has 0 saturated heterocycles. The Labute approximate surface area is 120 Å². The molecule has 0 aliphatic rings. The monoisotopic (exact) mass is 288 g/mol. The van der Waals surface area contributed by atoms with Crippen molar-refractivity contribution in [2.75, 3.05) is 6.54 Å². The average molecular weight is 288 g/mol. The van der Waals surface area contributed by atoms with Crippen LogP contribution < -0.4 is 10.5 Å². The minimum absolute atomic E-state index is 0.0350. The van der Waals surface area contributed by atoms with Gasteiger partial charge in [0.1, 0.15) is 6.61 Å². The van der Waals surface area contributed by atoms with Crippen molar-refractivity contribution in [3.05, 3.63) is 56.3 Å². The fraction of sp³-hybridized carbons (Fsp3) is 0.143. The van der Waals surface area contributed by atoms with E-state index in [4.69, 9.17) is 10.5 Å². The summed E-state index contributed by atoms with van der Waals surface area (Å²) in [5.74, 6) is 5.96. The Kier molecular flexibility index (Phi) is 4.71. The number of thiophene rings is 1. The number of benzene rings is 1. The molecule has 2 aromatic rings. The zero-order valence-electron chi connectivity index (χ0n) is 10.5. The van der Waals surface area contributed by atoms with Gasteiger partial charge in [0.2, 0.25) is 0 Å². The van der Waals surface area contributed by atoms with E-state index in [9.17, 15) is 10.1 Å². The summed E-state index contributed by atoms with van der Waals surface area (Å²) in [7, 11) is 0. The second kappa shape index (κ2) is 6.70. The Hall–Kier alpha value is -2.36. The van der Waals surface area contributed by atoms with Gasteiger partial charge in [-0.1, -0.05) is 24.0 Å². The second-order valence-electron chi connectivity index (χ2n) is 3.82. The van der Waals surface area contributed by atoms with Gasteiger partial charge in [0.05, 0.1) is 11.5 Å².